The van der Waals surface area contributed by atoms with Crippen molar-refractivity contribution in [2.75, 3.05) is 19.0 Å². The highest BCUT2D eigenvalue weighted by Gasteiger charge is 2.17. The van der Waals surface area contributed by atoms with Gasteiger partial charge < -0.3 is 13.8 Å². The third-order valence-electron chi connectivity index (χ3n) is 1.91. The van der Waals surface area contributed by atoms with Gasteiger partial charge in [0.2, 0.25) is 5.76 Å². The quantitative estimate of drug-likeness (QED) is 0.743. The zero-order valence-electron chi connectivity index (χ0n) is 9.11. The van der Waals surface area contributed by atoms with Crippen molar-refractivity contribution in [3.05, 3.63) is 11.6 Å². The summed E-state index contributed by atoms with van der Waals surface area (Å²) < 4.78 is 10.4. The van der Waals surface area contributed by atoms with Crippen molar-refractivity contribution in [2.24, 2.45) is 0 Å². The Morgan fingerprint density at radius 1 is 1.13 bits per heavy atom. The van der Waals surface area contributed by atoms with Crippen molar-refractivity contribution >= 4 is 5.95 Å². The number of aryl methyl sites for hydroxylation is 2. The third-order valence-corrected chi connectivity index (χ3v) is 1.91. The lowest BCUT2D eigenvalue weighted by atomic mass is 10.4. The molecule has 0 N–H and O–H groups in total. The maximum absolute atomic E-state index is 5.37. The summed E-state index contributed by atoms with van der Waals surface area (Å²) >= 11 is 0. The van der Waals surface area contributed by atoms with Crippen molar-refractivity contribution in [1.29, 1.82) is 0 Å². The molecule has 0 saturated carbocycles. The summed E-state index contributed by atoms with van der Waals surface area (Å²) in [5, 5.41) is 3.79. The minimum Gasteiger partial charge on any atom is -0.436 e. The molecule has 6 nitrogen and oxygen atoms in total. The molecule has 0 unspecified atom stereocenters. The summed E-state index contributed by atoms with van der Waals surface area (Å²) in [4.78, 5) is 10.1. The molecular weight excluding hydrogens is 196 g/mol. The van der Waals surface area contributed by atoms with Gasteiger partial charge in [-0.25, -0.2) is 4.98 Å². The van der Waals surface area contributed by atoms with Crippen LogP contribution in [0.5, 0.6) is 0 Å². The summed E-state index contributed by atoms with van der Waals surface area (Å²) in [6.45, 7) is 3.62. The largest absolute Gasteiger partial charge is 0.436 e. The Bertz CT molecular complexity index is 472. The Hall–Kier alpha value is -1.85. The van der Waals surface area contributed by atoms with E-state index in [-0.39, 0.29) is 0 Å². The first-order chi connectivity index (χ1) is 7.08. The summed E-state index contributed by atoms with van der Waals surface area (Å²) in [5.41, 5.74) is 0.751. The number of oxazole rings is 1. The van der Waals surface area contributed by atoms with E-state index in [2.05, 4.69) is 15.1 Å². The van der Waals surface area contributed by atoms with Crippen molar-refractivity contribution in [3.63, 3.8) is 0 Å². The van der Waals surface area contributed by atoms with Gasteiger partial charge in [-0.2, -0.15) is 4.98 Å². The lowest BCUT2D eigenvalue weighted by molar-refractivity contribution is 0.412. The average molecular weight is 208 g/mol. The highest BCUT2D eigenvalue weighted by Crippen LogP contribution is 2.23. The maximum atomic E-state index is 5.37. The van der Waals surface area contributed by atoms with Crippen LogP contribution in [-0.2, 0) is 0 Å². The van der Waals surface area contributed by atoms with Gasteiger partial charge in [-0.15, -0.1) is 0 Å². The van der Waals surface area contributed by atoms with E-state index in [1.165, 1.54) is 0 Å². The third kappa shape index (κ3) is 1.70. The van der Waals surface area contributed by atoms with Crippen molar-refractivity contribution in [3.8, 4) is 11.7 Å². The first-order valence-electron chi connectivity index (χ1n) is 4.53. The number of rotatable bonds is 2. The number of hydrogen-bond acceptors (Lipinski definition) is 6. The van der Waals surface area contributed by atoms with E-state index < -0.39 is 0 Å². The number of hydrogen-bond donors (Lipinski definition) is 0. The van der Waals surface area contributed by atoms with E-state index in [4.69, 9.17) is 8.94 Å². The molecular formula is C9H12N4O2. The lowest BCUT2D eigenvalue weighted by Gasteiger charge is -2.02. The second kappa shape index (κ2) is 3.38. The second-order valence-corrected chi connectivity index (χ2v) is 3.44. The van der Waals surface area contributed by atoms with Crippen LogP contribution in [0.3, 0.4) is 0 Å². The van der Waals surface area contributed by atoms with Crippen molar-refractivity contribution in [1.82, 2.24) is 15.1 Å². The molecule has 2 aromatic heterocycles. The van der Waals surface area contributed by atoms with Gasteiger partial charge in [0.1, 0.15) is 0 Å². The molecule has 6 heteroatoms. The Morgan fingerprint density at radius 2 is 1.87 bits per heavy atom. The van der Waals surface area contributed by atoms with Gasteiger partial charge >= 0.3 is 0 Å². The predicted molar refractivity (Wildman–Crippen MR) is 53.6 cm³/mol. The van der Waals surface area contributed by atoms with Crippen LogP contribution >= 0.6 is 0 Å². The van der Waals surface area contributed by atoms with Crippen molar-refractivity contribution < 1.29 is 8.94 Å². The van der Waals surface area contributed by atoms with Crippen LogP contribution in [-0.4, -0.2) is 29.2 Å². The molecule has 0 saturated heterocycles. The molecule has 0 bridgehead atoms. The van der Waals surface area contributed by atoms with Gasteiger partial charge in [-0.05, 0) is 12.1 Å². The highest BCUT2D eigenvalue weighted by molar-refractivity contribution is 5.49. The molecule has 0 amide bonds. The molecule has 80 valence electrons. The summed E-state index contributed by atoms with van der Waals surface area (Å²) in [6.07, 6.45) is 0. The number of nitrogens with zero attached hydrogens (tertiary/aromatic N) is 4. The van der Waals surface area contributed by atoms with Crippen LogP contribution in [0, 0.1) is 13.8 Å². The predicted octanol–water partition coefficient (Wildman–Crippen LogP) is 1.41. The fraction of sp³-hybridized carbons (Fsp3) is 0.444. The molecule has 0 spiro atoms. The number of anilines is 1. The van der Waals surface area contributed by atoms with Crippen LogP contribution in [0.1, 0.15) is 11.6 Å². The minimum atomic E-state index is 0.358. The first-order valence-corrected chi connectivity index (χ1v) is 4.53. The minimum absolute atomic E-state index is 0.358. The van der Waals surface area contributed by atoms with Crippen LogP contribution in [0.25, 0.3) is 11.7 Å². The van der Waals surface area contributed by atoms with Crippen LogP contribution in [0.4, 0.5) is 5.95 Å². The topological polar surface area (TPSA) is 68.2 Å². The van der Waals surface area contributed by atoms with E-state index in [1.807, 2.05) is 21.0 Å². The Labute approximate surface area is 86.9 Å². The molecule has 0 aromatic carbocycles. The van der Waals surface area contributed by atoms with Gasteiger partial charge in [0.25, 0.3) is 11.8 Å². The van der Waals surface area contributed by atoms with E-state index in [0.29, 0.717) is 23.5 Å². The van der Waals surface area contributed by atoms with E-state index >= 15 is 0 Å². The van der Waals surface area contributed by atoms with Crippen LogP contribution in [0.15, 0.2) is 8.94 Å². The van der Waals surface area contributed by atoms with Crippen LogP contribution < -0.4 is 4.90 Å². The van der Waals surface area contributed by atoms with Gasteiger partial charge in [0, 0.05) is 21.0 Å². The van der Waals surface area contributed by atoms with Gasteiger partial charge in [0.15, 0.2) is 5.89 Å². The molecule has 2 rings (SSSR count). The average Bonchev–Trinajstić information content (AvgIpc) is 2.71. The van der Waals surface area contributed by atoms with E-state index in [9.17, 15) is 0 Å². The summed E-state index contributed by atoms with van der Waals surface area (Å²) in [6, 6.07) is 0. The molecule has 0 atom stereocenters. The highest BCUT2D eigenvalue weighted by atomic mass is 16.5. The molecule has 2 aromatic rings. The van der Waals surface area contributed by atoms with Gasteiger partial charge in [0.05, 0.1) is 5.69 Å². The number of aromatic nitrogens is 3. The first kappa shape index (κ1) is 9.70. The normalized spacial score (nSPS) is 10.7. The fourth-order valence-corrected chi connectivity index (χ4v) is 1.22. The maximum Gasteiger partial charge on any atom is 0.297 e. The van der Waals surface area contributed by atoms with E-state index in [1.54, 1.807) is 11.8 Å². The smallest absolute Gasteiger partial charge is 0.297 e. The summed E-state index contributed by atoms with van der Waals surface area (Å²) in [5.74, 6) is 2.00. The Kier molecular flexibility index (Phi) is 2.18. The molecule has 15 heavy (non-hydrogen) atoms. The van der Waals surface area contributed by atoms with Crippen LogP contribution in [0.2, 0.25) is 0 Å². The van der Waals surface area contributed by atoms with Crippen molar-refractivity contribution in [2.45, 2.75) is 13.8 Å². The Balaban J connectivity index is 2.41. The summed E-state index contributed by atoms with van der Waals surface area (Å²) in [7, 11) is 3.68. The fourth-order valence-electron chi connectivity index (χ4n) is 1.22. The standard InChI is InChI=1S/C9H12N4O2/c1-5-7(14-6(2)10-5)8-11-9(12-15-8)13(3)4/h1-4H3. The van der Waals surface area contributed by atoms with Gasteiger partial charge in [-0.3, -0.25) is 0 Å². The molecule has 0 aliphatic rings. The zero-order chi connectivity index (χ0) is 11.0. The molecule has 0 aliphatic heterocycles. The molecule has 0 fully saturated rings. The SMILES string of the molecule is Cc1nc(C)c(-c2nc(N(C)C)no2)o1. The van der Waals surface area contributed by atoms with Gasteiger partial charge in [-0.1, -0.05) is 0 Å². The Morgan fingerprint density at radius 3 is 2.33 bits per heavy atom. The van der Waals surface area contributed by atoms with E-state index in [0.717, 1.165) is 5.69 Å². The second-order valence-electron chi connectivity index (χ2n) is 3.44. The zero-order valence-corrected chi connectivity index (χ0v) is 9.11. The lowest BCUT2D eigenvalue weighted by Crippen LogP contribution is -2.10. The molecule has 0 aliphatic carbocycles. The molecule has 0 radical (unpaired) electrons. The molecule has 2 heterocycles. The monoisotopic (exact) mass is 208 g/mol.